The molecule has 0 aliphatic rings. The zero-order chi connectivity index (χ0) is 18.6. The minimum absolute atomic E-state index is 0.216. The van der Waals surface area contributed by atoms with Gasteiger partial charge in [0.25, 0.3) is 5.91 Å². The van der Waals surface area contributed by atoms with Crippen molar-refractivity contribution in [1.82, 2.24) is 25.1 Å². The van der Waals surface area contributed by atoms with Crippen LogP contribution in [0.4, 0.5) is 4.39 Å². The topological polar surface area (TPSA) is 75.6 Å². The molecule has 0 atom stereocenters. The SMILES string of the molecule is O=C(NCCCn1ccc2cccnc21)c1cc(-c2ccc(F)cc2)n[nH]1. The lowest BCUT2D eigenvalue weighted by molar-refractivity contribution is 0.0948. The molecule has 1 aromatic carbocycles. The second kappa shape index (κ2) is 7.41. The van der Waals surface area contributed by atoms with Gasteiger partial charge in [0, 0.05) is 36.4 Å². The van der Waals surface area contributed by atoms with Crippen LogP contribution in [0.1, 0.15) is 16.9 Å². The molecular weight excluding hydrogens is 345 g/mol. The first-order valence-corrected chi connectivity index (χ1v) is 8.70. The zero-order valence-electron chi connectivity index (χ0n) is 14.5. The Kier molecular flexibility index (Phi) is 4.65. The van der Waals surface area contributed by atoms with Crippen molar-refractivity contribution in [3.8, 4) is 11.3 Å². The Balaban J connectivity index is 1.31. The highest BCUT2D eigenvalue weighted by Crippen LogP contribution is 2.18. The highest BCUT2D eigenvalue weighted by molar-refractivity contribution is 5.93. The molecule has 0 unspecified atom stereocenters. The molecule has 0 spiro atoms. The first-order valence-electron chi connectivity index (χ1n) is 8.70. The number of aryl methyl sites for hydroxylation is 1. The summed E-state index contributed by atoms with van der Waals surface area (Å²) in [4.78, 5) is 16.6. The number of H-pyrrole nitrogens is 1. The Bertz CT molecular complexity index is 1070. The van der Waals surface area contributed by atoms with Gasteiger partial charge in [-0.3, -0.25) is 9.89 Å². The molecule has 0 aliphatic heterocycles. The fourth-order valence-electron chi connectivity index (χ4n) is 2.95. The van der Waals surface area contributed by atoms with Gasteiger partial charge in [0.1, 0.15) is 17.2 Å². The van der Waals surface area contributed by atoms with Crippen LogP contribution in [0.15, 0.2) is 60.9 Å². The molecule has 0 aliphatic carbocycles. The summed E-state index contributed by atoms with van der Waals surface area (Å²) < 4.78 is 15.1. The van der Waals surface area contributed by atoms with E-state index in [0.717, 1.165) is 29.6 Å². The highest BCUT2D eigenvalue weighted by atomic mass is 19.1. The Labute approximate surface area is 155 Å². The number of aromatic amines is 1. The van der Waals surface area contributed by atoms with Crippen molar-refractivity contribution in [2.24, 2.45) is 0 Å². The second-order valence-electron chi connectivity index (χ2n) is 6.21. The standard InChI is InChI=1S/C20H18FN5O/c21-16-6-4-14(5-7-16)17-13-18(25-24-17)20(27)23-10-2-11-26-12-8-15-3-1-9-22-19(15)26/h1,3-9,12-13H,2,10-11H2,(H,23,27)(H,24,25). The maximum absolute atomic E-state index is 13.0. The van der Waals surface area contributed by atoms with Gasteiger partial charge in [-0.05, 0) is 55.0 Å². The van der Waals surface area contributed by atoms with Crippen molar-refractivity contribution in [2.45, 2.75) is 13.0 Å². The third-order valence-electron chi connectivity index (χ3n) is 4.35. The number of hydrogen-bond donors (Lipinski definition) is 2. The Hall–Kier alpha value is -3.48. The summed E-state index contributed by atoms with van der Waals surface area (Å²) in [6, 6.07) is 13.6. The molecule has 1 amide bonds. The van der Waals surface area contributed by atoms with Crippen LogP contribution in [0, 0.1) is 5.82 Å². The molecule has 0 radical (unpaired) electrons. The van der Waals surface area contributed by atoms with E-state index in [1.54, 1.807) is 24.4 Å². The van der Waals surface area contributed by atoms with E-state index < -0.39 is 0 Å². The monoisotopic (exact) mass is 363 g/mol. The van der Waals surface area contributed by atoms with Gasteiger partial charge >= 0.3 is 0 Å². The average Bonchev–Trinajstić information content (AvgIpc) is 3.33. The minimum atomic E-state index is -0.307. The van der Waals surface area contributed by atoms with Crippen LogP contribution in [0.5, 0.6) is 0 Å². The average molecular weight is 363 g/mol. The first-order chi connectivity index (χ1) is 13.2. The lowest BCUT2D eigenvalue weighted by atomic mass is 10.1. The van der Waals surface area contributed by atoms with Crippen LogP contribution >= 0.6 is 0 Å². The number of hydrogen-bond acceptors (Lipinski definition) is 3. The molecule has 4 aromatic rings. The van der Waals surface area contributed by atoms with Crippen LogP contribution in [-0.4, -0.2) is 32.2 Å². The van der Waals surface area contributed by atoms with Gasteiger partial charge in [0.15, 0.2) is 0 Å². The van der Waals surface area contributed by atoms with Gasteiger partial charge in [-0.25, -0.2) is 9.37 Å². The molecule has 0 fully saturated rings. The summed E-state index contributed by atoms with van der Waals surface area (Å²) in [5.74, 6) is -0.524. The predicted molar refractivity (Wildman–Crippen MR) is 101 cm³/mol. The number of halogens is 1. The molecule has 6 nitrogen and oxygen atoms in total. The smallest absolute Gasteiger partial charge is 0.269 e. The van der Waals surface area contributed by atoms with Gasteiger partial charge in [-0.2, -0.15) is 5.10 Å². The van der Waals surface area contributed by atoms with E-state index in [0.29, 0.717) is 17.9 Å². The van der Waals surface area contributed by atoms with E-state index in [1.165, 1.54) is 12.1 Å². The Morgan fingerprint density at radius 3 is 2.89 bits per heavy atom. The number of aromatic nitrogens is 4. The number of fused-ring (bicyclic) bond motifs is 1. The largest absolute Gasteiger partial charge is 0.351 e. The van der Waals surface area contributed by atoms with Crippen molar-refractivity contribution < 1.29 is 9.18 Å². The number of benzene rings is 1. The van der Waals surface area contributed by atoms with E-state index in [9.17, 15) is 9.18 Å². The molecule has 27 heavy (non-hydrogen) atoms. The molecule has 3 heterocycles. The lowest BCUT2D eigenvalue weighted by Crippen LogP contribution is -2.25. The Morgan fingerprint density at radius 1 is 1.19 bits per heavy atom. The lowest BCUT2D eigenvalue weighted by Gasteiger charge is -2.06. The zero-order valence-corrected chi connectivity index (χ0v) is 14.5. The molecule has 0 bridgehead atoms. The number of carbonyl (C=O) groups is 1. The second-order valence-corrected chi connectivity index (χ2v) is 6.21. The van der Waals surface area contributed by atoms with Crippen LogP contribution in [0.25, 0.3) is 22.3 Å². The summed E-state index contributed by atoms with van der Waals surface area (Å²) in [6.45, 7) is 1.31. The number of amides is 1. The van der Waals surface area contributed by atoms with Gasteiger partial charge < -0.3 is 9.88 Å². The van der Waals surface area contributed by atoms with E-state index in [-0.39, 0.29) is 11.7 Å². The summed E-state index contributed by atoms with van der Waals surface area (Å²) in [7, 11) is 0. The number of pyridine rings is 1. The fraction of sp³-hybridized carbons (Fsp3) is 0.150. The van der Waals surface area contributed by atoms with Crippen molar-refractivity contribution >= 4 is 16.9 Å². The molecule has 0 saturated heterocycles. The predicted octanol–water partition coefficient (Wildman–Crippen LogP) is 3.39. The van der Waals surface area contributed by atoms with Crippen LogP contribution in [0.2, 0.25) is 0 Å². The highest BCUT2D eigenvalue weighted by Gasteiger charge is 2.11. The van der Waals surface area contributed by atoms with E-state index in [4.69, 9.17) is 0 Å². The van der Waals surface area contributed by atoms with Crippen molar-refractivity contribution in [2.75, 3.05) is 6.54 Å². The first kappa shape index (κ1) is 17.0. The van der Waals surface area contributed by atoms with Gasteiger partial charge in [0.2, 0.25) is 0 Å². The van der Waals surface area contributed by atoms with Crippen molar-refractivity contribution in [3.05, 3.63) is 72.4 Å². The van der Waals surface area contributed by atoms with Gasteiger partial charge in [-0.1, -0.05) is 0 Å². The van der Waals surface area contributed by atoms with Gasteiger partial charge in [0.05, 0.1) is 5.69 Å². The summed E-state index contributed by atoms with van der Waals surface area (Å²) in [6.07, 6.45) is 4.56. The minimum Gasteiger partial charge on any atom is -0.351 e. The van der Waals surface area contributed by atoms with Crippen molar-refractivity contribution in [3.63, 3.8) is 0 Å². The molecule has 7 heteroatoms. The summed E-state index contributed by atoms with van der Waals surface area (Å²) in [5.41, 5.74) is 2.67. The molecule has 3 aromatic heterocycles. The van der Waals surface area contributed by atoms with E-state index in [2.05, 4.69) is 25.1 Å². The quantitative estimate of drug-likeness (QED) is 0.516. The van der Waals surface area contributed by atoms with Crippen LogP contribution in [0.3, 0.4) is 0 Å². The third-order valence-corrected chi connectivity index (χ3v) is 4.35. The van der Waals surface area contributed by atoms with Crippen LogP contribution in [-0.2, 0) is 6.54 Å². The normalized spacial score (nSPS) is 11.0. The number of carbonyl (C=O) groups excluding carboxylic acids is 1. The fourth-order valence-corrected chi connectivity index (χ4v) is 2.95. The number of rotatable bonds is 6. The molecule has 4 rings (SSSR count). The number of nitrogens with zero attached hydrogens (tertiary/aromatic N) is 3. The Morgan fingerprint density at radius 2 is 2.04 bits per heavy atom. The summed E-state index contributed by atoms with van der Waals surface area (Å²) >= 11 is 0. The number of nitrogens with one attached hydrogen (secondary N) is 2. The molecular formula is C20H18FN5O. The van der Waals surface area contributed by atoms with Crippen molar-refractivity contribution in [1.29, 1.82) is 0 Å². The van der Waals surface area contributed by atoms with E-state index in [1.807, 2.05) is 24.4 Å². The van der Waals surface area contributed by atoms with Crippen LogP contribution < -0.4 is 5.32 Å². The maximum atomic E-state index is 13.0. The molecule has 0 saturated carbocycles. The maximum Gasteiger partial charge on any atom is 0.269 e. The third kappa shape index (κ3) is 3.72. The summed E-state index contributed by atoms with van der Waals surface area (Å²) in [5, 5.41) is 10.8. The molecule has 2 N–H and O–H groups in total. The van der Waals surface area contributed by atoms with E-state index >= 15 is 0 Å². The van der Waals surface area contributed by atoms with Gasteiger partial charge in [-0.15, -0.1) is 0 Å². The molecule has 136 valence electrons.